The summed E-state index contributed by atoms with van der Waals surface area (Å²) in [6.07, 6.45) is 4.18. The van der Waals surface area contributed by atoms with Crippen LogP contribution in [0.15, 0.2) is 83.8 Å². The number of fused-ring (bicyclic) bond motifs is 3. The van der Waals surface area contributed by atoms with E-state index in [0.717, 1.165) is 46.7 Å². The van der Waals surface area contributed by atoms with Crippen LogP contribution >= 0.6 is 0 Å². The van der Waals surface area contributed by atoms with E-state index in [1.807, 2.05) is 54.6 Å². The largest absolute Gasteiger partial charge is 0.496 e. The van der Waals surface area contributed by atoms with Crippen LogP contribution in [0, 0.1) is 5.92 Å². The van der Waals surface area contributed by atoms with Crippen molar-refractivity contribution in [2.24, 2.45) is 5.92 Å². The lowest BCUT2D eigenvalue weighted by molar-refractivity contribution is -0.162. The maximum absolute atomic E-state index is 12.5. The number of hydrogen-bond acceptors (Lipinski definition) is 5. The number of ether oxygens (including phenoxy) is 1. The van der Waals surface area contributed by atoms with Crippen LogP contribution in [-0.4, -0.2) is 51.8 Å². The first-order valence-corrected chi connectivity index (χ1v) is 14.3. The van der Waals surface area contributed by atoms with Gasteiger partial charge in [0.05, 0.1) is 12.8 Å². The highest BCUT2D eigenvalue weighted by atomic mass is 32.2. The summed E-state index contributed by atoms with van der Waals surface area (Å²) in [5.41, 5.74) is 2.57. The summed E-state index contributed by atoms with van der Waals surface area (Å²) >= 11 is 0. The number of rotatable bonds is 9. The van der Waals surface area contributed by atoms with Crippen LogP contribution in [0.2, 0.25) is 0 Å². The smallest absolute Gasteiger partial charge is 0.320 e. The molecule has 37 heavy (non-hydrogen) atoms. The molecular weight excluding hydrogens is 484 g/mol. The van der Waals surface area contributed by atoms with Crippen molar-refractivity contribution in [1.29, 1.82) is 0 Å². The summed E-state index contributed by atoms with van der Waals surface area (Å²) in [7, 11) is 0.518. The number of nitrogens with one attached hydrogen (secondary N) is 1. The molecule has 0 spiro atoms. The quantitative estimate of drug-likeness (QED) is 0.430. The predicted octanol–water partition coefficient (Wildman–Crippen LogP) is 4.62. The zero-order chi connectivity index (χ0) is 26.0. The van der Waals surface area contributed by atoms with Crippen LogP contribution in [0.25, 0.3) is 0 Å². The van der Waals surface area contributed by atoms with Crippen LogP contribution in [0.5, 0.6) is 5.75 Å². The molecule has 3 aliphatic rings. The van der Waals surface area contributed by atoms with Crippen LogP contribution in [0.3, 0.4) is 0 Å². The standard InChI is InChI=1S/C30H34N2O4S/c1-36-27-14-13-25(37(2)35)18-24(27)20-31-30(19-21-15-16-32(30)26(17-21)29(33)34)28(22-9-5-3-6-10-22)23-11-7-4-8-12-23/h3-14,18,21,26,28,31H,15-17,19-20H2,1-2H3,(H,33,34)/t21-,26?,30-,37?/m0/s1. The van der Waals surface area contributed by atoms with Gasteiger partial charge in [-0.05, 0) is 54.5 Å². The van der Waals surface area contributed by atoms with Gasteiger partial charge in [0.1, 0.15) is 11.8 Å². The normalized spacial score (nSPS) is 25.6. The second kappa shape index (κ2) is 10.8. The third kappa shape index (κ3) is 4.96. The molecule has 3 aliphatic heterocycles. The molecule has 3 saturated heterocycles. The minimum absolute atomic E-state index is 0.0886. The number of carboxylic acids is 1. The molecule has 3 unspecified atom stereocenters. The second-order valence-corrected chi connectivity index (χ2v) is 11.5. The van der Waals surface area contributed by atoms with E-state index in [9.17, 15) is 14.1 Å². The molecule has 194 valence electrons. The maximum Gasteiger partial charge on any atom is 0.320 e. The molecule has 0 saturated carbocycles. The highest BCUT2D eigenvalue weighted by Crippen LogP contribution is 2.50. The fourth-order valence-electron chi connectivity index (χ4n) is 6.41. The summed E-state index contributed by atoms with van der Waals surface area (Å²) in [5.74, 6) is 0.175. The van der Waals surface area contributed by atoms with Crippen LogP contribution in [-0.2, 0) is 22.1 Å². The van der Waals surface area contributed by atoms with E-state index in [2.05, 4.69) is 34.5 Å². The Morgan fingerprint density at radius 3 is 2.30 bits per heavy atom. The average Bonchev–Trinajstić information content (AvgIpc) is 2.93. The van der Waals surface area contributed by atoms with Crippen molar-refractivity contribution < 1.29 is 18.8 Å². The number of carbonyl (C=O) groups is 1. The molecule has 3 fully saturated rings. The van der Waals surface area contributed by atoms with Gasteiger partial charge in [0.15, 0.2) is 0 Å². The molecule has 7 heteroatoms. The van der Waals surface area contributed by atoms with E-state index in [4.69, 9.17) is 4.74 Å². The van der Waals surface area contributed by atoms with Crippen molar-refractivity contribution in [3.63, 3.8) is 0 Å². The molecule has 3 heterocycles. The molecule has 3 aromatic carbocycles. The van der Waals surface area contributed by atoms with Gasteiger partial charge in [-0.3, -0.25) is 19.2 Å². The fraction of sp³-hybridized carbons (Fsp3) is 0.367. The molecule has 3 aromatic rings. The molecule has 6 nitrogen and oxygen atoms in total. The number of benzene rings is 3. The van der Waals surface area contributed by atoms with E-state index in [1.165, 1.54) is 0 Å². The highest BCUT2D eigenvalue weighted by molar-refractivity contribution is 7.84. The molecule has 0 radical (unpaired) electrons. The van der Waals surface area contributed by atoms with Crippen molar-refractivity contribution in [2.45, 2.75) is 48.3 Å². The van der Waals surface area contributed by atoms with E-state index in [-0.39, 0.29) is 5.92 Å². The van der Waals surface area contributed by atoms with Gasteiger partial charge in [-0.2, -0.15) is 0 Å². The van der Waals surface area contributed by atoms with E-state index < -0.39 is 28.5 Å². The van der Waals surface area contributed by atoms with Gasteiger partial charge in [0.2, 0.25) is 0 Å². The average molecular weight is 519 g/mol. The van der Waals surface area contributed by atoms with Crippen molar-refractivity contribution in [1.82, 2.24) is 10.2 Å². The molecule has 0 aliphatic carbocycles. The van der Waals surface area contributed by atoms with Gasteiger partial charge in [-0.25, -0.2) is 0 Å². The maximum atomic E-state index is 12.5. The first-order valence-electron chi connectivity index (χ1n) is 12.8. The minimum atomic E-state index is -1.12. The zero-order valence-electron chi connectivity index (χ0n) is 21.3. The zero-order valence-corrected chi connectivity index (χ0v) is 22.1. The van der Waals surface area contributed by atoms with Gasteiger partial charge < -0.3 is 9.84 Å². The number of methoxy groups -OCH3 is 1. The highest BCUT2D eigenvalue weighted by Gasteiger charge is 2.56. The Labute approximate surface area is 221 Å². The Morgan fingerprint density at radius 1 is 1.11 bits per heavy atom. The Bertz CT molecular complexity index is 1230. The summed E-state index contributed by atoms with van der Waals surface area (Å²) < 4.78 is 17.9. The second-order valence-electron chi connectivity index (χ2n) is 10.1. The Kier molecular flexibility index (Phi) is 7.47. The van der Waals surface area contributed by atoms with Gasteiger partial charge >= 0.3 is 5.97 Å². The van der Waals surface area contributed by atoms with Crippen LogP contribution < -0.4 is 10.1 Å². The molecule has 0 aromatic heterocycles. The number of piperidine rings is 3. The third-order valence-corrected chi connectivity index (χ3v) is 8.94. The first-order chi connectivity index (χ1) is 17.9. The van der Waals surface area contributed by atoms with Crippen molar-refractivity contribution in [3.8, 4) is 5.75 Å². The molecule has 5 atom stereocenters. The van der Waals surface area contributed by atoms with Crippen LogP contribution in [0.4, 0.5) is 0 Å². The van der Waals surface area contributed by atoms with E-state index in [1.54, 1.807) is 13.4 Å². The fourth-order valence-corrected chi connectivity index (χ4v) is 6.98. The predicted molar refractivity (Wildman–Crippen MR) is 145 cm³/mol. The molecular formula is C30H34N2O4S. The Balaban J connectivity index is 1.65. The van der Waals surface area contributed by atoms with Gasteiger partial charge in [0.25, 0.3) is 0 Å². The number of nitrogens with zero attached hydrogens (tertiary/aromatic N) is 1. The van der Waals surface area contributed by atoms with Gasteiger partial charge in [0, 0.05) is 46.5 Å². The molecule has 2 N–H and O–H groups in total. The van der Waals surface area contributed by atoms with Gasteiger partial charge in [-0.15, -0.1) is 0 Å². The number of aliphatic carboxylic acids is 1. The molecule has 2 bridgehead atoms. The Hall–Kier alpha value is -3.00. The summed E-state index contributed by atoms with van der Waals surface area (Å²) in [5, 5.41) is 14.1. The molecule has 6 rings (SSSR count). The van der Waals surface area contributed by atoms with Crippen molar-refractivity contribution >= 4 is 16.8 Å². The number of hydrogen-bond donors (Lipinski definition) is 2. The Morgan fingerprint density at radius 2 is 1.76 bits per heavy atom. The minimum Gasteiger partial charge on any atom is -0.496 e. The summed E-state index contributed by atoms with van der Waals surface area (Å²) in [6, 6.07) is 25.9. The van der Waals surface area contributed by atoms with Crippen molar-refractivity contribution in [3.05, 3.63) is 95.6 Å². The van der Waals surface area contributed by atoms with E-state index in [0.29, 0.717) is 18.9 Å². The monoisotopic (exact) mass is 518 g/mol. The third-order valence-electron chi connectivity index (χ3n) is 8.02. The molecule has 0 amide bonds. The lowest BCUT2D eigenvalue weighted by Gasteiger charge is -2.60. The topological polar surface area (TPSA) is 78.9 Å². The van der Waals surface area contributed by atoms with Crippen LogP contribution in [0.1, 0.15) is 41.9 Å². The van der Waals surface area contributed by atoms with E-state index >= 15 is 0 Å². The summed E-state index contributed by atoms with van der Waals surface area (Å²) in [4.78, 5) is 15.4. The lowest BCUT2D eigenvalue weighted by Crippen LogP contribution is -2.72. The lowest BCUT2D eigenvalue weighted by atomic mass is 9.67. The van der Waals surface area contributed by atoms with Crippen molar-refractivity contribution in [2.75, 3.05) is 19.9 Å². The summed E-state index contributed by atoms with van der Waals surface area (Å²) in [6.45, 7) is 1.18. The SMILES string of the molecule is COc1ccc(S(C)=O)cc1CN[C@@]1(C(c2ccccc2)c2ccccc2)C[C@H]2CCN1C(C(=O)O)C2. The van der Waals surface area contributed by atoms with Gasteiger partial charge in [-0.1, -0.05) is 60.7 Å². The first kappa shape index (κ1) is 25.6. The number of carboxylic acid groups (broad SMARTS) is 1.